The van der Waals surface area contributed by atoms with Crippen molar-refractivity contribution in [1.82, 2.24) is 9.80 Å². The van der Waals surface area contributed by atoms with Crippen LogP contribution >= 0.6 is 0 Å². The number of nitrogens with zero attached hydrogens (tertiary/aromatic N) is 2. The first-order valence-corrected chi connectivity index (χ1v) is 7.47. The Bertz CT molecular complexity index is 566. The molecule has 1 rings (SSSR count). The van der Waals surface area contributed by atoms with Crippen molar-refractivity contribution >= 4 is 45.3 Å². The highest BCUT2D eigenvalue weighted by Gasteiger charge is 2.70. The molecule has 2 atom stereocenters. The van der Waals surface area contributed by atoms with E-state index in [1.54, 1.807) is 20.8 Å². The van der Waals surface area contributed by atoms with Gasteiger partial charge in [-0.25, -0.2) is 4.79 Å². The first-order chi connectivity index (χ1) is 11.7. The number of carbonyl (C=O) groups is 1. The SMILES string of the molecule is [B]C1C([B])N(C(C)(C)C)C([B])([B])CN1C(=O)OC([B])(C(F)(F)F)C(F)(F)F. The van der Waals surface area contributed by atoms with Gasteiger partial charge in [0.15, 0.2) is 7.85 Å². The number of hydrogen-bond acceptors (Lipinski definition) is 3. The second-order valence-electron chi connectivity index (χ2n) is 7.24. The lowest BCUT2D eigenvalue weighted by molar-refractivity contribution is -0.331. The number of rotatable bonds is 1. The van der Waals surface area contributed by atoms with Crippen molar-refractivity contribution in [3.05, 3.63) is 0 Å². The lowest BCUT2D eigenvalue weighted by atomic mass is 9.54. The van der Waals surface area contributed by atoms with Crippen LogP contribution < -0.4 is 0 Å². The first-order valence-electron chi connectivity index (χ1n) is 7.47. The summed E-state index contributed by atoms with van der Waals surface area (Å²) >= 11 is 0. The molecule has 0 aromatic heterocycles. The number of amides is 1. The van der Waals surface area contributed by atoms with E-state index in [2.05, 4.69) is 12.6 Å². The molecule has 1 amide bonds. The van der Waals surface area contributed by atoms with Gasteiger partial charge in [-0.2, -0.15) is 26.3 Å². The van der Waals surface area contributed by atoms with E-state index in [4.69, 9.17) is 31.4 Å². The van der Waals surface area contributed by atoms with Crippen molar-refractivity contribution in [1.29, 1.82) is 0 Å². The molecule has 0 N–H and O–H groups in total. The predicted molar refractivity (Wildman–Crippen MR) is 88.7 cm³/mol. The number of piperazine rings is 1. The summed E-state index contributed by atoms with van der Waals surface area (Å²) in [5.41, 5.74) is -6.06. The number of carbonyl (C=O) groups excluding carboxylic acids is 1. The molecular weight excluding hydrogens is 372 g/mol. The van der Waals surface area contributed by atoms with Crippen LogP contribution in [0.15, 0.2) is 0 Å². The Labute approximate surface area is 159 Å². The van der Waals surface area contributed by atoms with Crippen LogP contribution in [0.4, 0.5) is 31.1 Å². The average Bonchev–Trinajstić information content (AvgIpc) is 2.38. The van der Waals surface area contributed by atoms with Gasteiger partial charge in [0, 0.05) is 18.0 Å². The minimum atomic E-state index is -6.15. The van der Waals surface area contributed by atoms with Crippen LogP contribution in [0.3, 0.4) is 0 Å². The Morgan fingerprint density at radius 2 is 1.41 bits per heavy atom. The van der Waals surface area contributed by atoms with Gasteiger partial charge >= 0.3 is 18.4 Å². The average molecular weight is 385 g/mol. The molecule has 4 nitrogen and oxygen atoms in total. The maximum absolute atomic E-state index is 12.8. The van der Waals surface area contributed by atoms with E-state index in [0.717, 1.165) is 0 Å². The summed E-state index contributed by atoms with van der Waals surface area (Å²) in [6, 6.07) is 0. The highest BCUT2D eigenvalue weighted by atomic mass is 19.4. The molecule has 1 heterocycles. The smallest absolute Gasteiger partial charge is 0.427 e. The van der Waals surface area contributed by atoms with Gasteiger partial charge in [-0.15, -0.1) is 0 Å². The van der Waals surface area contributed by atoms with E-state index < -0.39 is 53.2 Å². The number of ether oxygens (including phenoxy) is 1. The van der Waals surface area contributed by atoms with Gasteiger partial charge in [0.25, 0.3) is 5.50 Å². The molecule has 0 bridgehead atoms. The van der Waals surface area contributed by atoms with Gasteiger partial charge in [-0.05, 0) is 32.1 Å². The number of hydrogen-bond donors (Lipinski definition) is 0. The molecule has 27 heavy (non-hydrogen) atoms. The predicted octanol–water partition coefficient (Wildman–Crippen LogP) is 0.508. The van der Waals surface area contributed by atoms with Crippen molar-refractivity contribution < 1.29 is 35.9 Å². The molecule has 15 heteroatoms. The molecule has 2 unspecified atom stereocenters. The van der Waals surface area contributed by atoms with E-state index in [1.165, 1.54) is 4.90 Å². The zero-order valence-electron chi connectivity index (χ0n) is 14.7. The quantitative estimate of drug-likeness (QED) is 0.487. The van der Waals surface area contributed by atoms with E-state index in [-0.39, 0.29) is 4.90 Å². The van der Waals surface area contributed by atoms with Crippen LogP contribution in [-0.2, 0) is 4.74 Å². The minimum Gasteiger partial charge on any atom is -0.434 e. The summed E-state index contributed by atoms with van der Waals surface area (Å²) in [6.07, 6.45) is -14.4. The third-order valence-electron chi connectivity index (χ3n) is 3.93. The van der Waals surface area contributed by atoms with Crippen LogP contribution in [0.5, 0.6) is 0 Å². The Morgan fingerprint density at radius 1 is 1.00 bits per heavy atom. The van der Waals surface area contributed by atoms with Crippen molar-refractivity contribution in [2.75, 3.05) is 6.54 Å². The summed E-state index contributed by atoms with van der Waals surface area (Å²) in [6.45, 7) is 4.14. The molecule has 0 aromatic carbocycles. The summed E-state index contributed by atoms with van der Waals surface area (Å²) < 4.78 is 80.5. The second-order valence-corrected chi connectivity index (χ2v) is 7.24. The van der Waals surface area contributed by atoms with Crippen LogP contribution in [0.2, 0.25) is 0 Å². The van der Waals surface area contributed by atoms with Gasteiger partial charge in [-0.1, -0.05) is 0 Å². The van der Waals surface area contributed by atoms with Crippen LogP contribution in [0.1, 0.15) is 20.8 Å². The van der Waals surface area contributed by atoms with E-state index in [0.29, 0.717) is 0 Å². The lowest BCUT2D eigenvalue weighted by Gasteiger charge is -2.60. The van der Waals surface area contributed by atoms with Crippen molar-refractivity contribution in [2.24, 2.45) is 0 Å². The second kappa shape index (κ2) is 6.88. The van der Waals surface area contributed by atoms with Gasteiger partial charge < -0.3 is 14.5 Å². The van der Waals surface area contributed by atoms with Gasteiger partial charge in [0.2, 0.25) is 0 Å². The summed E-state index contributed by atoms with van der Waals surface area (Å²) in [4.78, 5) is 13.6. The molecule has 0 spiro atoms. The molecule has 0 saturated carbocycles. The van der Waals surface area contributed by atoms with Crippen LogP contribution in [0, 0.1) is 0 Å². The highest BCUT2D eigenvalue weighted by Crippen LogP contribution is 2.44. The van der Waals surface area contributed by atoms with E-state index in [1.807, 2.05) is 0 Å². The normalized spacial score (nSPS) is 25.3. The number of halogens is 6. The third kappa shape index (κ3) is 4.43. The van der Waals surface area contributed by atoms with Crippen molar-refractivity contribution in [2.45, 2.75) is 61.4 Å². The fraction of sp³-hybridized carbons (Fsp3) is 0.917. The van der Waals surface area contributed by atoms with Gasteiger partial charge in [-0.3, -0.25) is 0 Å². The zero-order chi connectivity index (χ0) is 21.8. The lowest BCUT2D eigenvalue weighted by Crippen LogP contribution is -2.76. The molecule has 1 aliphatic heterocycles. The third-order valence-corrected chi connectivity index (χ3v) is 3.93. The summed E-state index contributed by atoms with van der Waals surface area (Å²) in [5, 5.41) is -1.93. The van der Waals surface area contributed by atoms with E-state index in [9.17, 15) is 31.1 Å². The summed E-state index contributed by atoms with van der Waals surface area (Å²) in [5.74, 6) is -2.91. The first kappa shape index (κ1) is 24.2. The molecule has 1 fully saturated rings. The molecule has 0 aliphatic carbocycles. The fourth-order valence-electron chi connectivity index (χ4n) is 2.80. The molecule has 1 aliphatic rings. The molecule has 10 radical (unpaired) electrons. The topological polar surface area (TPSA) is 32.8 Å². The minimum absolute atomic E-state index is 0.270. The Morgan fingerprint density at radius 3 is 1.74 bits per heavy atom. The van der Waals surface area contributed by atoms with Crippen molar-refractivity contribution in [3.63, 3.8) is 0 Å². The van der Waals surface area contributed by atoms with Crippen LogP contribution in [0.25, 0.3) is 0 Å². The van der Waals surface area contributed by atoms with E-state index >= 15 is 0 Å². The monoisotopic (exact) mass is 386 g/mol. The molecule has 140 valence electrons. The molecule has 1 saturated heterocycles. The van der Waals surface area contributed by atoms with Gasteiger partial charge in [0.05, 0.1) is 23.5 Å². The molecule has 0 aromatic rings. The highest BCUT2D eigenvalue weighted by molar-refractivity contribution is 6.41. The maximum atomic E-state index is 12.8. The maximum Gasteiger partial charge on any atom is 0.427 e. The summed E-state index contributed by atoms with van der Waals surface area (Å²) in [7, 11) is 27.7. The fourth-order valence-corrected chi connectivity index (χ4v) is 2.80. The Kier molecular flexibility index (Phi) is 6.16. The van der Waals surface area contributed by atoms with Crippen LogP contribution in [-0.4, -0.2) is 102 Å². The largest absolute Gasteiger partial charge is 0.434 e. The number of alkyl halides is 6. The molecular formula is C12H13B5F6N2O2. The Balaban J connectivity index is 3.22. The van der Waals surface area contributed by atoms with Gasteiger partial charge in [0.1, 0.15) is 7.85 Å². The van der Waals surface area contributed by atoms with Crippen molar-refractivity contribution in [3.8, 4) is 0 Å². The zero-order valence-corrected chi connectivity index (χ0v) is 14.7. The standard InChI is InChI=1S/C12H13B5F6N2O2/c1-8(2,3)25-6(14)5(13)24(4-9(25,15)16)7(26)27-10(17,11(18,19)20)12(21,22)23/h5-6H,4H2,1-3H3. The Hall–Kier alpha value is -0.865.